The Balaban J connectivity index is 0.00000113. The van der Waals surface area contributed by atoms with Crippen molar-refractivity contribution in [3.05, 3.63) is 18.5 Å². The van der Waals surface area contributed by atoms with Gasteiger partial charge in [-0.3, -0.25) is 9.48 Å². The summed E-state index contributed by atoms with van der Waals surface area (Å²) in [5.41, 5.74) is -0.510. The van der Waals surface area contributed by atoms with Crippen molar-refractivity contribution >= 4 is 30.7 Å². The maximum absolute atomic E-state index is 13.0. The van der Waals surface area contributed by atoms with Crippen LogP contribution in [-0.4, -0.2) is 59.4 Å². The number of hydrogen-bond donors (Lipinski definition) is 2. The van der Waals surface area contributed by atoms with Crippen LogP contribution in [0.3, 0.4) is 0 Å². The molecule has 2 N–H and O–H groups in total. The lowest BCUT2D eigenvalue weighted by molar-refractivity contribution is -0.132. The van der Waals surface area contributed by atoms with Gasteiger partial charge in [-0.05, 0) is 63.7 Å². The van der Waals surface area contributed by atoms with Gasteiger partial charge in [-0.1, -0.05) is 0 Å². The largest absolute Gasteiger partial charge is 0.354 e. The Kier molecular flexibility index (Phi) is 7.14. The zero-order valence-corrected chi connectivity index (χ0v) is 16.2. The molecule has 0 radical (unpaired) electrons. The van der Waals surface area contributed by atoms with Gasteiger partial charge in [-0.25, -0.2) is 0 Å². The molecule has 1 amide bonds. The maximum atomic E-state index is 13.0. The van der Waals surface area contributed by atoms with E-state index in [4.69, 9.17) is 0 Å². The van der Waals surface area contributed by atoms with Crippen molar-refractivity contribution in [2.45, 2.75) is 43.7 Å². The molecule has 1 saturated carbocycles. The number of likely N-dealkylation sites (tertiary alicyclic amines) is 1. The van der Waals surface area contributed by atoms with Gasteiger partial charge in [0.15, 0.2) is 0 Å². The van der Waals surface area contributed by atoms with E-state index >= 15 is 0 Å². The number of nitrogens with zero attached hydrogens (tertiary/aromatic N) is 3. The molecule has 25 heavy (non-hydrogen) atoms. The van der Waals surface area contributed by atoms with Gasteiger partial charge in [0.05, 0.1) is 0 Å². The smallest absolute Gasteiger partial charge is 0.248 e. The van der Waals surface area contributed by atoms with Crippen LogP contribution < -0.4 is 10.6 Å². The first-order chi connectivity index (χ1) is 11.3. The fourth-order valence-corrected chi connectivity index (χ4v) is 4.12. The van der Waals surface area contributed by atoms with Crippen LogP contribution in [0.25, 0.3) is 0 Å². The molecule has 8 heteroatoms. The van der Waals surface area contributed by atoms with Gasteiger partial charge in [0.25, 0.3) is 0 Å². The number of nitrogens with one attached hydrogen (secondary N) is 2. The second kappa shape index (κ2) is 8.71. The number of rotatable bonds is 5. The van der Waals surface area contributed by atoms with Gasteiger partial charge >= 0.3 is 0 Å². The molecule has 3 heterocycles. The van der Waals surface area contributed by atoms with E-state index in [1.807, 2.05) is 16.9 Å². The van der Waals surface area contributed by atoms with Crippen molar-refractivity contribution in [3.8, 4) is 0 Å². The Morgan fingerprint density at radius 1 is 1.24 bits per heavy atom. The van der Waals surface area contributed by atoms with Crippen molar-refractivity contribution < 1.29 is 4.79 Å². The fourth-order valence-electron chi connectivity index (χ4n) is 4.12. The van der Waals surface area contributed by atoms with Crippen LogP contribution in [0.15, 0.2) is 18.5 Å². The van der Waals surface area contributed by atoms with E-state index in [2.05, 4.69) is 20.6 Å². The van der Waals surface area contributed by atoms with Crippen molar-refractivity contribution in [2.75, 3.05) is 32.7 Å². The molecule has 1 aliphatic carbocycles. The van der Waals surface area contributed by atoms with Crippen LogP contribution in [0, 0.1) is 5.92 Å². The number of carbonyl (C=O) groups excluding carboxylic acids is 1. The van der Waals surface area contributed by atoms with Crippen molar-refractivity contribution in [3.63, 3.8) is 0 Å². The lowest BCUT2D eigenvalue weighted by Gasteiger charge is -2.36. The average molecular weight is 390 g/mol. The summed E-state index contributed by atoms with van der Waals surface area (Å²) >= 11 is 0. The monoisotopic (exact) mass is 389 g/mol. The minimum Gasteiger partial charge on any atom is -0.354 e. The molecule has 3 aliphatic rings. The second-order valence-electron chi connectivity index (χ2n) is 7.32. The standard InChI is InChI=1S/C17H27N5O.2ClH/c23-16(19-12-14-4-11-21(13-14)15-2-3-15)17(5-8-18-9-6-17)22-10-1-7-20-22;;/h1,7,10,14-15,18H,2-6,8-9,11-13H2,(H,19,23);2*1H. The second-order valence-corrected chi connectivity index (χ2v) is 7.32. The van der Waals surface area contributed by atoms with E-state index in [0.29, 0.717) is 5.92 Å². The molecular formula is C17H29Cl2N5O. The zero-order chi connectivity index (χ0) is 15.7. The predicted octanol–water partition coefficient (Wildman–Crippen LogP) is 1.41. The molecule has 3 fully saturated rings. The Bertz CT molecular complexity index is 543. The first-order valence-corrected chi connectivity index (χ1v) is 9.01. The Hall–Kier alpha value is -0.820. The van der Waals surface area contributed by atoms with Crippen LogP contribution in [0.4, 0.5) is 0 Å². The lowest BCUT2D eigenvalue weighted by atomic mass is 9.87. The molecular weight excluding hydrogens is 361 g/mol. The molecule has 0 spiro atoms. The van der Waals surface area contributed by atoms with Crippen LogP contribution in [0.2, 0.25) is 0 Å². The third-order valence-corrected chi connectivity index (χ3v) is 5.73. The predicted molar refractivity (Wildman–Crippen MR) is 103 cm³/mol. The molecule has 0 bridgehead atoms. The first kappa shape index (κ1) is 20.5. The average Bonchev–Trinajstić information content (AvgIpc) is 3.11. The van der Waals surface area contributed by atoms with Gasteiger partial charge < -0.3 is 15.5 Å². The third kappa shape index (κ3) is 4.30. The molecule has 1 unspecified atom stereocenters. The molecule has 2 saturated heterocycles. The van der Waals surface area contributed by atoms with Gasteiger partial charge in [0.1, 0.15) is 5.54 Å². The van der Waals surface area contributed by atoms with Crippen LogP contribution in [-0.2, 0) is 10.3 Å². The highest BCUT2D eigenvalue weighted by molar-refractivity contribution is 5.85. The van der Waals surface area contributed by atoms with E-state index in [0.717, 1.165) is 45.1 Å². The Morgan fingerprint density at radius 3 is 2.64 bits per heavy atom. The minimum atomic E-state index is -0.510. The van der Waals surface area contributed by atoms with Crippen molar-refractivity contribution in [1.82, 2.24) is 25.3 Å². The zero-order valence-electron chi connectivity index (χ0n) is 14.5. The molecule has 1 aromatic rings. The van der Waals surface area contributed by atoms with Gasteiger partial charge in [-0.2, -0.15) is 5.10 Å². The van der Waals surface area contributed by atoms with E-state index in [1.54, 1.807) is 6.20 Å². The Labute approximate surface area is 161 Å². The number of aromatic nitrogens is 2. The topological polar surface area (TPSA) is 62.2 Å². The SMILES string of the molecule is Cl.Cl.O=C(NCC1CCN(C2CC2)C1)C1(n2cccn2)CCNCC1. The van der Waals surface area contributed by atoms with E-state index in [-0.39, 0.29) is 30.7 Å². The lowest BCUT2D eigenvalue weighted by Crippen LogP contribution is -2.55. The highest BCUT2D eigenvalue weighted by atomic mass is 35.5. The number of amides is 1. The fraction of sp³-hybridized carbons (Fsp3) is 0.765. The molecule has 0 aromatic carbocycles. The summed E-state index contributed by atoms with van der Waals surface area (Å²) in [6, 6.07) is 2.75. The number of carbonyl (C=O) groups is 1. The molecule has 1 atom stereocenters. The summed E-state index contributed by atoms with van der Waals surface area (Å²) in [6.45, 7) is 4.90. The van der Waals surface area contributed by atoms with E-state index in [1.165, 1.54) is 25.8 Å². The summed E-state index contributed by atoms with van der Waals surface area (Å²) in [7, 11) is 0. The quantitative estimate of drug-likeness (QED) is 0.798. The number of hydrogen-bond acceptors (Lipinski definition) is 4. The van der Waals surface area contributed by atoms with Crippen molar-refractivity contribution in [1.29, 1.82) is 0 Å². The van der Waals surface area contributed by atoms with Gasteiger partial charge in [0, 0.05) is 31.5 Å². The summed E-state index contributed by atoms with van der Waals surface area (Å²) in [6.07, 6.45) is 9.26. The first-order valence-electron chi connectivity index (χ1n) is 9.01. The summed E-state index contributed by atoms with van der Waals surface area (Å²) in [4.78, 5) is 15.6. The molecule has 6 nitrogen and oxygen atoms in total. The molecule has 1 aromatic heterocycles. The van der Waals surface area contributed by atoms with Crippen molar-refractivity contribution in [2.24, 2.45) is 5.92 Å². The molecule has 142 valence electrons. The Morgan fingerprint density at radius 2 is 2.00 bits per heavy atom. The van der Waals surface area contributed by atoms with E-state index in [9.17, 15) is 4.79 Å². The third-order valence-electron chi connectivity index (χ3n) is 5.73. The van der Waals surface area contributed by atoms with Crippen LogP contribution >= 0.6 is 24.8 Å². The summed E-state index contributed by atoms with van der Waals surface area (Å²) < 4.78 is 1.87. The normalized spacial score (nSPS) is 25.7. The number of piperidine rings is 1. The van der Waals surface area contributed by atoms with Gasteiger partial charge in [0.2, 0.25) is 5.91 Å². The highest BCUT2D eigenvalue weighted by Crippen LogP contribution is 2.32. The molecule has 2 aliphatic heterocycles. The van der Waals surface area contributed by atoms with Gasteiger partial charge in [-0.15, -0.1) is 24.8 Å². The van der Waals surface area contributed by atoms with E-state index < -0.39 is 5.54 Å². The molecule has 4 rings (SSSR count). The number of halogens is 2. The maximum Gasteiger partial charge on any atom is 0.248 e. The van der Waals surface area contributed by atoms with Crippen LogP contribution in [0.5, 0.6) is 0 Å². The van der Waals surface area contributed by atoms with Crippen LogP contribution in [0.1, 0.15) is 32.1 Å². The summed E-state index contributed by atoms with van der Waals surface area (Å²) in [5, 5.41) is 11.0. The minimum absolute atomic E-state index is 0. The highest BCUT2D eigenvalue weighted by Gasteiger charge is 2.42. The summed E-state index contributed by atoms with van der Waals surface area (Å²) in [5.74, 6) is 0.753.